The van der Waals surface area contributed by atoms with E-state index in [0.717, 1.165) is 6.54 Å². The summed E-state index contributed by atoms with van der Waals surface area (Å²) in [6.45, 7) is 12.1. The molecule has 0 bridgehead atoms. The maximum Gasteiger partial charge on any atom is 0.0514 e. The summed E-state index contributed by atoms with van der Waals surface area (Å²) in [4.78, 5) is 0. The van der Waals surface area contributed by atoms with Gasteiger partial charge in [0.25, 0.3) is 0 Å². The Labute approximate surface area is 108 Å². The van der Waals surface area contributed by atoms with Crippen LogP contribution in [0.1, 0.15) is 38.3 Å². The first-order valence-electron chi connectivity index (χ1n) is 5.80. The normalized spacial score (nSPS) is 11.6. The molecule has 90 valence electrons. The minimum Gasteiger partial charge on any atom is -0.384 e. The topological polar surface area (TPSA) is 12.0 Å². The smallest absolute Gasteiger partial charge is 0.0514 e. The molecule has 0 spiro atoms. The molecular weight excluding hydrogens is 262 g/mol. The molecule has 0 radical (unpaired) electrons. The van der Waals surface area contributed by atoms with Crippen molar-refractivity contribution in [1.29, 1.82) is 0 Å². The highest BCUT2D eigenvalue weighted by Crippen LogP contribution is 2.28. The summed E-state index contributed by atoms with van der Waals surface area (Å²) in [6, 6.07) is 4.37. The van der Waals surface area contributed by atoms with Gasteiger partial charge < -0.3 is 5.32 Å². The fraction of sp³-hybridized carbons (Fsp3) is 0.571. The fourth-order valence-electron chi connectivity index (χ4n) is 1.70. The minimum absolute atomic E-state index is 0.387. The fourth-order valence-corrected chi connectivity index (χ4v) is 2.52. The summed E-state index contributed by atoms with van der Waals surface area (Å²) in [5, 5.41) is 3.52. The van der Waals surface area contributed by atoms with Gasteiger partial charge in [-0.1, -0.05) is 26.8 Å². The molecule has 1 rings (SSSR count). The first kappa shape index (κ1) is 13.6. The van der Waals surface area contributed by atoms with E-state index in [1.807, 2.05) is 0 Å². The summed E-state index contributed by atoms with van der Waals surface area (Å²) in [5.41, 5.74) is 4.22. The molecule has 1 N–H and O–H groups in total. The summed E-state index contributed by atoms with van der Waals surface area (Å²) in [7, 11) is 0. The van der Waals surface area contributed by atoms with E-state index in [1.54, 1.807) is 0 Å². The number of hydrogen-bond acceptors (Lipinski definition) is 1. The molecule has 0 aliphatic heterocycles. The Kier molecular flexibility index (Phi) is 4.43. The molecule has 0 saturated heterocycles. The van der Waals surface area contributed by atoms with Gasteiger partial charge in [0.05, 0.1) is 5.69 Å². The molecule has 0 fully saturated rings. The molecule has 0 aliphatic carbocycles. The van der Waals surface area contributed by atoms with Crippen LogP contribution in [0.3, 0.4) is 0 Å². The van der Waals surface area contributed by atoms with Crippen molar-refractivity contribution in [3.63, 3.8) is 0 Å². The Morgan fingerprint density at radius 1 is 1.19 bits per heavy atom. The molecule has 1 nitrogen and oxygen atoms in total. The lowest BCUT2D eigenvalue weighted by Gasteiger charge is -2.20. The van der Waals surface area contributed by atoms with Gasteiger partial charge in [-0.15, -0.1) is 0 Å². The van der Waals surface area contributed by atoms with Gasteiger partial charge in [0.1, 0.15) is 0 Å². The van der Waals surface area contributed by atoms with Crippen LogP contribution >= 0.6 is 15.9 Å². The molecule has 0 atom stereocenters. The molecule has 0 saturated carbocycles. The number of nitrogens with one attached hydrogen (secondary N) is 1. The third-order valence-electron chi connectivity index (χ3n) is 2.61. The van der Waals surface area contributed by atoms with Gasteiger partial charge in [0, 0.05) is 11.0 Å². The standard InChI is InChI=1S/C14H22BrN/c1-10-8-11(2)13(12(15)9-10)16-7-6-14(3,4)5/h8-9,16H,6-7H2,1-5H3. The van der Waals surface area contributed by atoms with Crippen LogP contribution in [0.4, 0.5) is 5.69 Å². The molecule has 0 heterocycles. The lowest BCUT2D eigenvalue weighted by molar-refractivity contribution is 0.389. The quantitative estimate of drug-likeness (QED) is 0.831. The van der Waals surface area contributed by atoms with Crippen molar-refractivity contribution in [3.8, 4) is 0 Å². The molecule has 0 unspecified atom stereocenters. The van der Waals surface area contributed by atoms with Gasteiger partial charge in [0.2, 0.25) is 0 Å². The van der Waals surface area contributed by atoms with Crippen LogP contribution in [0.15, 0.2) is 16.6 Å². The summed E-state index contributed by atoms with van der Waals surface area (Å²) in [6.07, 6.45) is 1.17. The summed E-state index contributed by atoms with van der Waals surface area (Å²) >= 11 is 3.62. The van der Waals surface area contributed by atoms with Crippen LogP contribution < -0.4 is 5.32 Å². The zero-order valence-electron chi connectivity index (χ0n) is 10.9. The first-order chi connectivity index (χ1) is 7.29. The Morgan fingerprint density at radius 3 is 2.31 bits per heavy atom. The Balaban J connectivity index is 2.68. The van der Waals surface area contributed by atoms with Crippen molar-refractivity contribution < 1.29 is 0 Å². The van der Waals surface area contributed by atoms with Crippen molar-refractivity contribution in [3.05, 3.63) is 27.7 Å². The molecule has 1 aromatic carbocycles. The molecule has 0 aromatic heterocycles. The number of halogens is 1. The van der Waals surface area contributed by atoms with E-state index in [4.69, 9.17) is 0 Å². The first-order valence-corrected chi connectivity index (χ1v) is 6.59. The number of anilines is 1. The van der Waals surface area contributed by atoms with Crippen LogP contribution in [0.25, 0.3) is 0 Å². The van der Waals surface area contributed by atoms with Gasteiger partial charge >= 0.3 is 0 Å². The van der Waals surface area contributed by atoms with Crippen LogP contribution in [0.2, 0.25) is 0 Å². The third kappa shape index (κ3) is 4.17. The second kappa shape index (κ2) is 5.22. The largest absolute Gasteiger partial charge is 0.384 e. The van der Waals surface area contributed by atoms with Crippen molar-refractivity contribution in [2.24, 2.45) is 5.41 Å². The van der Waals surface area contributed by atoms with Crippen LogP contribution in [0.5, 0.6) is 0 Å². The van der Waals surface area contributed by atoms with E-state index in [-0.39, 0.29) is 0 Å². The predicted octanol–water partition coefficient (Wildman–Crippen LogP) is 4.91. The van der Waals surface area contributed by atoms with E-state index in [0.29, 0.717) is 5.41 Å². The van der Waals surface area contributed by atoms with Crippen LogP contribution in [0, 0.1) is 19.3 Å². The van der Waals surface area contributed by atoms with E-state index in [2.05, 4.69) is 68.0 Å². The highest BCUT2D eigenvalue weighted by Gasteiger charge is 2.10. The molecule has 0 amide bonds. The third-order valence-corrected chi connectivity index (χ3v) is 3.23. The molecular formula is C14H22BrN. The molecule has 1 aromatic rings. The number of benzene rings is 1. The molecule has 2 heteroatoms. The van der Waals surface area contributed by atoms with Crippen LogP contribution in [-0.2, 0) is 0 Å². The monoisotopic (exact) mass is 283 g/mol. The van der Waals surface area contributed by atoms with Gasteiger partial charge in [-0.05, 0) is 58.8 Å². The number of hydrogen-bond donors (Lipinski definition) is 1. The van der Waals surface area contributed by atoms with Crippen molar-refractivity contribution in [2.75, 3.05) is 11.9 Å². The minimum atomic E-state index is 0.387. The van der Waals surface area contributed by atoms with E-state index in [9.17, 15) is 0 Å². The van der Waals surface area contributed by atoms with Crippen molar-refractivity contribution >= 4 is 21.6 Å². The Morgan fingerprint density at radius 2 is 1.81 bits per heavy atom. The number of rotatable bonds is 3. The van der Waals surface area contributed by atoms with Gasteiger partial charge in [-0.3, -0.25) is 0 Å². The maximum absolute atomic E-state index is 3.62. The average molecular weight is 284 g/mol. The lowest BCUT2D eigenvalue weighted by Crippen LogP contribution is -2.13. The zero-order chi connectivity index (χ0) is 12.3. The highest BCUT2D eigenvalue weighted by atomic mass is 79.9. The number of aryl methyl sites for hydroxylation is 2. The Bertz CT molecular complexity index is 340. The average Bonchev–Trinajstić information content (AvgIpc) is 2.07. The SMILES string of the molecule is Cc1cc(C)c(NCCC(C)(C)C)c(Br)c1. The molecule has 16 heavy (non-hydrogen) atoms. The maximum atomic E-state index is 3.62. The van der Waals surface area contributed by atoms with E-state index >= 15 is 0 Å². The van der Waals surface area contributed by atoms with E-state index < -0.39 is 0 Å². The van der Waals surface area contributed by atoms with Crippen molar-refractivity contribution in [1.82, 2.24) is 0 Å². The molecule has 0 aliphatic rings. The summed E-state index contributed by atoms with van der Waals surface area (Å²) in [5.74, 6) is 0. The predicted molar refractivity (Wildman–Crippen MR) is 76.2 cm³/mol. The second-order valence-corrected chi connectivity index (χ2v) is 6.53. The lowest BCUT2D eigenvalue weighted by atomic mass is 9.92. The summed E-state index contributed by atoms with van der Waals surface area (Å²) < 4.78 is 1.17. The van der Waals surface area contributed by atoms with Gasteiger partial charge in [-0.25, -0.2) is 0 Å². The van der Waals surface area contributed by atoms with Crippen LogP contribution in [-0.4, -0.2) is 6.54 Å². The highest BCUT2D eigenvalue weighted by molar-refractivity contribution is 9.10. The zero-order valence-corrected chi connectivity index (χ0v) is 12.5. The van der Waals surface area contributed by atoms with Crippen molar-refractivity contribution in [2.45, 2.75) is 41.0 Å². The van der Waals surface area contributed by atoms with E-state index in [1.165, 1.54) is 27.7 Å². The van der Waals surface area contributed by atoms with Gasteiger partial charge in [-0.2, -0.15) is 0 Å². The second-order valence-electron chi connectivity index (χ2n) is 5.68. The van der Waals surface area contributed by atoms with Gasteiger partial charge in [0.15, 0.2) is 0 Å². The Hall–Kier alpha value is -0.500.